The van der Waals surface area contributed by atoms with E-state index >= 15 is 0 Å². The number of urea groups is 1. The molecule has 10 nitrogen and oxygen atoms in total. The fourth-order valence-corrected chi connectivity index (χ4v) is 3.11. The van der Waals surface area contributed by atoms with Crippen LogP contribution in [0.1, 0.15) is 19.8 Å². The summed E-state index contributed by atoms with van der Waals surface area (Å²) >= 11 is 0. The number of hydrogen-bond acceptors (Lipinski definition) is 6. The van der Waals surface area contributed by atoms with Crippen molar-refractivity contribution >= 4 is 29.2 Å². The van der Waals surface area contributed by atoms with E-state index in [2.05, 4.69) is 16.0 Å². The summed E-state index contributed by atoms with van der Waals surface area (Å²) < 4.78 is 0. The first kappa shape index (κ1) is 18.6. The van der Waals surface area contributed by atoms with Gasteiger partial charge >= 0.3 is 6.03 Å². The Bertz CT molecular complexity index is 776. The maximum absolute atomic E-state index is 12.4. The summed E-state index contributed by atoms with van der Waals surface area (Å²) in [7, 11) is 0. The van der Waals surface area contributed by atoms with Crippen molar-refractivity contribution < 1.29 is 19.3 Å². The second kappa shape index (κ2) is 7.22. The average molecular weight is 375 g/mol. The molecule has 4 amide bonds. The van der Waals surface area contributed by atoms with Crippen LogP contribution in [0.3, 0.4) is 0 Å². The van der Waals surface area contributed by atoms with E-state index in [4.69, 9.17) is 0 Å². The Morgan fingerprint density at radius 1 is 1.30 bits per heavy atom. The first-order chi connectivity index (χ1) is 12.8. The van der Waals surface area contributed by atoms with Crippen molar-refractivity contribution in [3.63, 3.8) is 0 Å². The molecule has 1 aliphatic carbocycles. The molecular formula is C17H21N5O5. The predicted molar refractivity (Wildman–Crippen MR) is 96.0 cm³/mol. The second-order valence-electron chi connectivity index (χ2n) is 6.88. The van der Waals surface area contributed by atoms with Crippen LogP contribution in [0.25, 0.3) is 0 Å². The van der Waals surface area contributed by atoms with E-state index in [9.17, 15) is 24.5 Å². The van der Waals surface area contributed by atoms with Crippen LogP contribution >= 0.6 is 0 Å². The number of rotatable bonds is 8. The fourth-order valence-electron chi connectivity index (χ4n) is 3.11. The van der Waals surface area contributed by atoms with Gasteiger partial charge in [-0.25, -0.2) is 4.79 Å². The number of hydrogen-bond donors (Lipinski definition) is 3. The lowest BCUT2D eigenvalue weighted by atomic mass is 9.96. The topological polar surface area (TPSA) is 134 Å². The third-order valence-corrected chi connectivity index (χ3v) is 4.85. The van der Waals surface area contributed by atoms with E-state index < -0.39 is 22.4 Å². The summed E-state index contributed by atoms with van der Waals surface area (Å²) in [6.07, 6.45) is 1.80. The molecule has 1 saturated heterocycles. The Hall–Kier alpha value is -3.17. The molecule has 3 rings (SSSR count). The summed E-state index contributed by atoms with van der Waals surface area (Å²) in [6.45, 7) is 2.06. The maximum atomic E-state index is 12.4. The fraction of sp³-hybridized carbons (Fsp3) is 0.471. The normalized spacial score (nSPS) is 21.7. The van der Waals surface area contributed by atoms with Gasteiger partial charge in [-0.2, -0.15) is 0 Å². The van der Waals surface area contributed by atoms with Gasteiger partial charge in [0.1, 0.15) is 12.1 Å². The summed E-state index contributed by atoms with van der Waals surface area (Å²) in [5.41, 5.74) is -0.209. The molecule has 10 heteroatoms. The van der Waals surface area contributed by atoms with Gasteiger partial charge in [0, 0.05) is 30.9 Å². The zero-order valence-electron chi connectivity index (χ0n) is 14.9. The van der Waals surface area contributed by atoms with E-state index in [0.29, 0.717) is 12.2 Å². The van der Waals surface area contributed by atoms with Crippen LogP contribution < -0.4 is 16.0 Å². The molecule has 144 valence electrons. The molecule has 1 saturated carbocycles. The van der Waals surface area contributed by atoms with Crippen molar-refractivity contribution in [1.82, 2.24) is 15.5 Å². The number of nitrogens with zero attached hydrogens (tertiary/aromatic N) is 2. The van der Waals surface area contributed by atoms with Crippen molar-refractivity contribution in [2.75, 3.05) is 25.0 Å². The van der Waals surface area contributed by atoms with Gasteiger partial charge in [-0.15, -0.1) is 0 Å². The third kappa shape index (κ3) is 3.99. The van der Waals surface area contributed by atoms with E-state index in [-0.39, 0.29) is 30.6 Å². The standard InChI is InChI=1S/C17H21N5O5/c1-17(11-2-3-11)15(24)21(16(25)20-17)10-14(23)19-9-8-18-12-4-6-13(7-5-12)22(26)27/h4-7,11,18H,2-3,8-10H2,1H3,(H,19,23)(H,20,25)/t17-/m1/s1. The van der Waals surface area contributed by atoms with E-state index in [1.54, 1.807) is 19.1 Å². The molecular weight excluding hydrogens is 354 g/mol. The second-order valence-corrected chi connectivity index (χ2v) is 6.88. The molecule has 1 aliphatic heterocycles. The minimum Gasteiger partial charge on any atom is -0.383 e. The van der Waals surface area contributed by atoms with Gasteiger partial charge in [0.2, 0.25) is 5.91 Å². The Labute approximate surface area is 155 Å². The molecule has 0 bridgehead atoms. The van der Waals surface area contributed by atoms with Crippen LogP contribution in [0, 0.1) is 16.0 Å². The molecule has 1 heterocycles. The summed E-state index contributed by atoms with van der Waals surface area (Å²) in [6, 6.07) is 5.39. The summed E-state index contributed by atoms with van der Waals surface area (Å²) in [5.74, 6) is -0.633. The quantitative estimate of drug-likeness (QED) is 0.267. The highest BCUT2D eigenvalue weighted by Crippen LogP contribution is 2.42. The molecule has 0 spiro atoms. The van der Waals surface area contributed by atoms with E-state index in [1.165, 1.54) is 12.1 Å². The number of amides is 4. The van der Waals surface area contributed by atoms with Gasteiger partial charge < -0.3 is 16.0 Å². The third-order valence-electron chi connectivity index (χ3n) is 4.85. The minimum atomic E-state index is -0.894. The molecule has 3 N–H and O–H groups in total. The molecule has 0 aromatic heterocycles. The Morgan fingerprint density at radius 2 is 1.96 bits per heavy atom. The van der Waals surface area contributed by atoms with Crippen molar-refractivity contribution in [3.05, 3.63) is 34.4 Å². The van der Waals surface area contributed by atoms with Crippen molar-refractivity contribution in [2.24, 2.45) is 5.92 Å². The van der Waals surface area contributed by atoms with Crippen LogP contribution in [-0.4, -0.2) is 52.8 Å². The lowest BCUT2D eigenvalue weighted by Crippen LogP contribution is -2.47. The first-order valence-corrected chi connectivity index (χ1v) is 8.70. The molecule has 1 aromatic carbocycles. The highest BCUT2D eigenvalue weighted by Gasteiger charge is 2.56. The maximum Gasteiger partial charge on any atom is 0.325 e. The summed E-state index contributed by atoms with van der Waals surface area (Å²) in [4.78, 5) is 47.6. The molecule has 0 radical (unpaired) electrons. The van der Waals surface area contributed by atoms with Gasteiger partial charge in [-0.3, -0.25) is 24.6 Å². The number of carbonyl (C=O) groups is 3. The Kier molecular flexibility index (Phi) is 4.98. The largest absolute Gasteiger partial charge is 0.383 e. The SMILES string of the molecule is C[C@]1(C2CC2)NC(=O)N(CC(=O)NCCNc2ccc([N+](=O)[O-])cc2)C1=O. The number of carbonyl (C=O) groups excluding carboxylic acids is 3. The van der Waals surface area contributed by atoms with Gasteiger partial charge in [0.15, 0.2) is 0 Å². The number of benzene rings is 1. The van der Waals surface area contributed by atoms with Crippen LogP contribution in [0.4, 0.5) is 16.2 Å². The van der Waals surface area contributed by atoms with Crippen LogP contribution in [0.15, 0.2) is 24.3 Å². The number of nitro benzene ring substituents is 1. The van der Waals surface area contributed by atoms with Gasteiger partial charge in [0.25, 0.3) is 11.6 Å². The van der Waals surface area contributed by atoms with E-state index in [1.807, 2.05) is 0 Å². The first-order valence-electron chi connectivity index (χ1n) is 8.70. The van der Waals surface area contributed by atoms with Gasteiger partial charge in [-0.05, 0) is 37.8 Å². The van der Waals surface area contributed by atoms with E-state index in [0.717, 1.165) is 17.7 Å². The lowest BCUT2D eigenvalue weighted by molar-refractivity contribution is -0.384. The van der Waals surface area contributed by atoms with Gasteiger partial charge in [-0.1, -0.05) is 0 Å². The van der Waals surface area contributed by atoms with Crippen LogP contribution in [0.2, 0.25) is 0 Å². The number of imide groups is 1. The highest BCUT2D eigenvalue weighted by molar-refractivity contribution is 6.09. The average Bonchev–Trinajstić information content (AvgIpc) is 3.45. The van der Waals surface area contributed by atoms with Crippen LogP contribution in [0.5, 0.6) is 0 Å². The van der Waals surface area contributed by atoms with Crippen molar-refractivity contribution in [3.8, 4) is 0 Å². The lowest BCUT2D eigenvalue weighted by Gasteiger charge is -2.20. The number of anilines is 1. The highest BCUT2D eigenvalue weighted by atomic mass is 16.6. The molecule has 0 unspecified atom stereocenters. The number of non-ortho nitro benzene ring substituents is 1. The van der Waals surface area contributed by atoms with Crippen LogP contribution in [-0.2, 0) is 9.59 Å². The Balaban J connectivity index is 1.41. The van der Waals surface area contributed by atoms with Crippen molar-refractivity contribution in [1.29, 1.82) is 0 Å². The Morgan fingerprint density at radius 3 is 2.56 bits per heavy atom. The monoisotopic (exact) mass is 375 g/mol. The molecule has 27 heavy (non-hydrogen) atoms. The molecule has 2 aliphatic rings. The van der Waals surface area contributed by atoms with Gasteiger partial charge in [0.05, 0.1) is 4.92 Å². The predicted octanol–water partition coefficient (Wildman–Crippen LogP) is 0.843. The smallest absolute Gasteiger partial charge is 0.325 e. The zero-order valence-corrected chi connectivity index (χ0v) is 14.9. The minimum absolute atomic E-state index is 0.000562. The van der Waals surface area contributed by atoms with Crippen molar-refractivity contribution in [2.45, 2.75) is 25.3 Å². The number of nitrogens with one attached hydrogen (secondary N) is 3. The molecule has 2 fully saturated rings. The zero-order chi connectivity index (χ0) is 19.6. The molecule has 1 aromatic rings. The molecule has 1 atom stereocenters. The number of nitro groups is 1. The summed E-state index contributed by atoms with van der Waals surface area (Å²) in [5, 5.41) is 18.9.